The Bertz CT molecular complexity index is 540. The summed E-state index contributed by atoms with van der Waals surface area (Å²) in [7, 11) is 0. The summed E-state index contributed by atoms with van der Waals surface area (Å²) in [6, 6.07) is 0. The standard InChI is InChI=1S/C22H36/c1-13-9-10-14(2)18-17(13)16(4)20-19(22(18,7)8)15(3)11-12-21(20,5)6/h13-16H,9-12H2,1-8H3. The summed E-state index contributed by atoms with van der Waals surface area (Å²) in [6.07, 6.45) is 5.50. The third kappa shape index (κ3) is 2.09. The molecule has 0 heteroatoms. The molecule has 22 heavy (non-hydrogen) atoms. The predicted octanol–water partition coefficient (Wildman–Crippen LogP) is 6.78. The summed E-state index contributed by atoms with van der Waals surface area (Å²) in [5.74, 6) is 2.99. The fourth-order valence-corrected chi connectivity index (χ4v) is 6.55. The Kier molecular flexibility index (Phi) is 3.70. The molecule has 124 valence electrons. The second-order valence-corrected chi connectivity index (χ2v) is 9.75. The molecule has 0 aromatic heterocycles. The Hall–Kier alpha value is -0.520. The van der Waals surface area contributed by atoms with Gasteiger partial charge in [0.1, 0.15) is 0 Å². The highest BCUT2D eigenvalue weighted by Crippen LogP contribution is 2.62. The van der Waals surface area contributed by atoms with Crippen molar-refractivity contribution in [3.8, 4) is 0 Å². The Morgan fingerprint density at radius 2 is 1.23 bits per heavy atom. The Balaban J connectivity index is 2.26. The normalized spacial score (nSPS) is 40.4. The first-order valence-corrected chi connectivity index (χ1v) is 9.58. The van der Waals surface area contributed by atoms with Crippen LogP contribution in [0.4, 0.5) is 0 Å². The molecule has 0 saturated heterocycles. The second-order valence-electron chi connectivity index (χ2n) is 9.75. The van der Waals surface area contributed by atoms with E-state index in [4.69, 9.17) is 0 Å². The van der Waals surface area contributed by atoms with Crippen LogP contribution in [0, 0.1) is 34.5 Å². The molecule has 0 spiro atoms. The molecule has 3 rings (SSSR count). The lowest BCUT2D eigenvalue weighted by atomic mass is 9.50. The van der Waals surface area contributed by atoms with Gasteiger partial charge in [0, 0.05) is 5.41 Å². The smallest absolute Gasteiger partial charge is 0.00754 e. The van der Waals surface area contributed by atoms with Crippen LogP contribution in [0.15, 0.2) is 22.3 Å². The van der Waals surface area contributed by atoms with E-state index in [1.54, 1.807) is 0 Å². The minimum Gasteiger partial charge on any atom is -0.0601 e. The summed E-state index contributed by atoms with van der Waals surface area (Å²) in [4.78, 5) is 0. The number of rotatable bonds is 0. The SMILES string of the molecule is CC1CCC(C)C2=C1C(C)C1=C(C(C)CCC1(C)C)C2(C)C. The molecule has 3 aliphatic carbocycles. The van der Waals surface area contributed by atoms with Gasteiger partial charge in [-0.3, -0.25) is 0 Å². The third-order valence-corrected chi connectivity index (χ3v) is 7.33. The highest BCUT2D eigenvalue weighted by molar-refractivity contribution is 5.49. The van der Waals surface area contributed by atoms with Crippen LogP contribution >= 0.6 is 0 Å². The first-order chi connectivity index (χ1) is 10.1. The lowest BCUT2D eigenvalue weighted by molar-refractivity contribution is 0.234. The maximum atomic E-state index is 2.54. The van der Waals surface area contributed by atoms with Crippen LogP contribution in [0.25, 0.3) is 0 Å². The maximum absolute atomic E-state index is 2.54. The van der Waals surface area contributed by atoms with Gasteiger partial charge in [0.05, 0.1) is 0 Å². The Morgan fingerprint density at radius 1 is 0.682 bits per heavy atom. The molecule has 0 aliphatic heterocycles. The fraction of sp³-hybridized carbons (Fsp3) is 0.818. The lowest BCUT2D eigenvalue weighted by Crippen LogP contribution is -2.43. The summed E-state index contributed by atoms with van der Waals surface area (Å²) < 4.78 is 0. The zero-order valence-corrected chi connectivity index (χ0v) is 16.1. The number of hydrogen-bond acceptors (Lipinski definition) is 0. The minimum atomic E-state index is 0.280. The largest absolute Gasteiger partial charge is 0.0601 e. The molecule has 4 unspecified atom stereocenters. The van der Waals surface area contributed by atoms with Crippen LogP contribution in [0.2, 0.25) is 0 Å². The fourth-order valence-electron chi connectivity index (χ4n) is 6.55. The Labute approximate surface area is 138 Å². The van der Waals surface area contributed by atoms with E-state index >= 15 is 0 Å². The lowest BCUT2D eigenvalue weighted by Gasteiger charge is -2.55. The molecule has 0 aromatic carbocycles. The van der Waals surface area contributed by atoms with Gasteiger partial charge < -0.3 is 0 Å². The summed E-state index contributed by atoms with van der Waals surface area (Å²) in [5, 5.41) is 0. The van der Waals surface area contributed by atoms with Gasteiger partial charge in [-0.15, -0.1) is 0 Å². The average molecular weight is 301 g/mol. The van der Waals surface area contributed by atoms with E-state index < -0.39 is 0 Å². The van der Waals surface area contributed by atoms with Gasteiger partial charge in [0.2, 0.25) is 0 Å². The zero-order valence-electron chi connectivity index (χ0n) is 16.1. The van der Waals surface area contributed by atoms with Gasteiger partial charge in [-0.2, -0.15) is 0 Å². The molecule has 0 fully saturated rings. The van der Waals surface area contributed by atoms with Gasteiger partial charge in [-0.25, -0.2) is 0 Å². The van der Waals surface area contributed by atoms with E-state index in [0.29, 0.717) is 11.3 Å². The summed E-state index contributed by atoms with van der Waals surface area (Å²) in [5.41, 5.74) is 7.94. The van der Waals surface area contributed by atoms with Gasteiger partial charge >= 0.3 is 0 Å². The van der Waals surface area contributed by atoms with Gasteiger partial charge in [0.15, 0.2) is 0 Å². The predicted molar refractivity (Wildman–Crippen MR) is 96.7 cm³/mol. The quantitative estimate of drug-likeness (QED) is 0.433. The molecule has 0 aromatic rings. The van der Waals surface area contributed by atoms with Crippen LogP contribution in [0.3, 0.4) is 0 Å². The van der Waals surface area contributed by atoms with Crippen LogP contribution in [-0.2, 0) is 0 Å². The maximum Gasteiger partial charge on any atom is 0.00754 e. The second kappa shape index (κ2) is 4.99. The molecule has 0 amide bonds. The van der Waals surface area contributed by atoms with Gasteiger partial charge in [0.25, 0.3) is 0 Å². The molecule has 0 heterocycles. The number of allylic oxidation sites excluding steroid dienone is 4. The van der Waals surface area contributed by atoms with Crippen molar-refractivity contribution in [2.45, 2.75) is 81.1 Å². The molecule has 0 N–H and O–H groups in total. The van der Waals surface area contributed by atoms with Gasteiger partial charge in [-0.1, -0.05) is 77.7 Å². The minimum absolute atomic E-state index is 0.280. The van der Waals surface area contributed by atoms with Gasteiger partial charge in [-0.05, 0) is 54.8 Å². The molecule has 0 bridgehead atoms. The van der Waals surface area contributed by atoms with Crippen molar-refractivity contribution in [3.63, 3.8) is 0 Å². The molecular formula is C22H36. The molecule has 0 nitrogen and oxygen atoms in total. The number of hydrogen-bond donors (Lipinski definition) is 0. The van der Waals surface area contributed by atoms with E-state index in [1.165, 1.54) is 25.7 Å². The van der Waals surface area contributed by atoms with Crippen molar-refractivity contribution in [1.29, 1.82) is 0 Å². The summed E-state index contributed by atoms with van der Waals surface area (Å²) >= 11 is 0. The molecule has 0 radical (unpaired) electrons. The molecular weight excluding hydrogens is 264 g/mol. The first kappa shape index (κ1) is 16.3. The molecule has 3 aliphatic rings. The molecule has 0 saturated carbocycles. The van der Waals surface area contributed by atoms with Crippen molar-refractivity contribution in [2.75, 3.05) is 0 Å². The summed E-state index contributed by atoms with van der Waals surface area (Å²) in [6.45, 7) is 20.1. The topological polar surface area (TPSA) is 0 Å². The van der Waals surface area contributed by atoms with E-state index in [1.807, 2.05) is 22.3 Å². The van der Waals surface area contributed by atoms with E-state index in [2.05, 4.69) is 55.4 Å². The van der Waals surface area contributed by atoms with Crippen LogP contribution in [0.5, 0.6) is 0 Å². The van der Waals surface area contributed by atoms with E-state index in [0.717, 1.165) is 17.8 Å². The van der Waals surface area contributed by atoms with Crippen molar-refractivity contribution >= 4 is 0 Å². The van der Waals surface area contributed by atoms with Crippen LogP contribution in [-0.4, -0.2) is 0 Å². The van der Waals surface area contributed by atoms with E-state index in [-0.39, 0.29) is 5.41 Å². The van der Waals surface area contributed by atoms with Crippen molar-refractivity contribution in [1.82, 2.24) is 0 Å². The first-order valence-electron chi connectivity index (χ1n) is 9.58. The third-order valence-electron chi connectivity index (χ3n) is 7.33. The van der Waals surface area contributed by atoms with Crippen molar-refractivity contribution < 1.29 is 0 Å². The van der Waals surface area contributed by atoms with Crippen molar-refractivity contribution in [3.05, 3.63) is 22.3 Å². The van der Waals surface area contributed by atoms with Crippen LogP contribution < -0.4 is 0 Å². The average Bonchev–Trinajstić information content (AvgIpc) is 2.41. The Morgan fingerprint density at radius 3 is 1.86 bits per heavy atom. The van der Waals surface area contributed by atoms with Crippen LogP contribution in [0.1, 0.15) is 81.1 Å². The van der Waals surface area contributed by atoms with E-state index in [9.17, 15) is 0 Å². The highest BCUT2D eigenvalue weighted by Gasteiger charge is 2.50. The van der Waals surface area contributed by atoms with Crippen molar-refractivity contribution in [2.24, 2.45) is 34.5 Å². The highest BCUT2D eigenvalue weighted by atomic mass is 14.5. The molecule has 4 atom stereocenters. The monoisotopic (exact) mass is 300 g/mol. The zero-order chi connectivity index (χ0) is 16.4.